The Morgan fingerprint density at radius 3 is 2.25 bits per heavy atom. The highest BCUT2D eigenvalue weighted by Gasteiger charge is 2.57. The monoisotopic (exact) mass is 868 g/mol. The van der Waals surface area contributed by atoms with Gasteiger partial charge in [0.05, 0.1) is 18.8 Å². The van der Waals surface area contributed by atoms with Crippen LogP contribution < -0.4 is 10.4 Å². The summed E-state index contributed by atoms with van der Waals surface area (Å²) >= 11 is 0. The van der Waals surface area contributed by atoms with Gasteiger partial charge in [-0.2, -0.15) is 0 Å². The first-order valence-corrected chi connectivity index (χ1v) is 22.9. The lowest BCUT2D eigenvalue weighted by atomic mass is 9.76. The van der Waals surface area contributed by atoms with Crippen LogP contribution in [-0.4, -0.2) is 47.3 Å². The number of aliphatic hydroxyl groups is 2. The predicted octanol–water partition coefficient (Wildman–Crippen LogP) is 9.39. The molecule has 9 rings (SSSR count). The molecular formula is C54H60O10. The number of aliphatic hydroxyl groups excluding tert-OH is 2. The Hall–Kier alpha value is -5.55. The van der Waals surface area contributed by atoms with Crippen molar-refractivity contribution in [2.75, 3.05) is 13.4 Å². The number of aryl methyl sites for hydroxylation is 2. The van der Waals surface area contributed by atoms with E-state index in [1.54, 1.807) is 12.1 Å². The molecule has 5 aromatic rings. The van der Waals surface area contributed by atoms with Gasteiger partial charge in [-0.25, -0.2) is 9.59 Å². The van der Waals surface area contributed by atoms with E-state index in [0.717, 1.165) is 61.6 Å². The van der Waals surface area contributed by atoms with Crippen molar-refractivity contribution in [2.45, 2.75) is 122 Å². The summed E-state index contributed by atoms with van der Waals surface area (Å²) in [5, 5.41) is 20.4. The van der Waals surface area contributed by atoms with Gasteiger partial charge in [-0.15, -0.1) is 0 Å². The molecule has 4 aromatic carbocycles. The summed E-state index contributed by atoms with van der Waals surface area (Å²) in [5.41, 5.74) is 6.34. The zero-order valence-corrected chi connectivity index (χ0v) is 37.2. The van der Waals surface area contributed by atoms with Gasteiger partial charge in [0.25, 0.3) is 0 Å². The van der Waals surface area contributed by atoms with Gasteiger partial charge in [-0.3, -0.25) is 4.79 Å². The molecule has 1 fully saturated rings. The summed E-state index contributed by atoms with van der Waals surface area (Å²) in [6, 6.07) is 31.0. The summed E-state index contributed by atoms with van der Waals surface area (Å²) in [7, 11) is 0. The van der Waals surface area contributed by atoms with E-state index < -0.39 is 48.8 Å². The second-order valence-electron chi connectivity index (χ2n) is 18.2. The molecule has 0 radical (unpaired) electrons. The van der Waals surface area contributed by atoms with E-state index in [0.29, 0.717) is 41.5 Å². The molecule has 4 heterocycles. The minimum atomic E-state index is -1.22. The van der Waals surface area contributed by atoms with Crippen LogP contribution in [0, 0.1) is 11.8 Å². The molecule has 336 valence electrons. The van der Waals surface area contributed by atoms with Gasteiger partial charge in [0.15, 0.2) is 12.2 Å². The molecule has 10 heteroatoms. The maximum absolute atomic E-state index is 14.8. The molecule has 1 aromatic heterocycles. The minimum absolute atomic E-state index is 0.0305. The fourth-order valence-electron chi connectivity index (χ4n) is 10.2. The van der Waals surface area contributed by atoms with E-state index in [9.17, 15) is 24.6 Å². The van der Waals surface area contributed by atoms with E-state index in [-0.39, 0.29) is 48.0 Å². The molecule has 0 spiro atoms. The standard InChI is InChI=1S/C54H60O10/c1-34(2)42-23-22-35-16-18-38(19-17-35)30-40(21-20-37-12-9-13-39(29-37)28-36-10-5-4-6-11-36)31-47(57)61-50-48-46(64-54(3,41-14-7-8-15-41)51(50)63-52(42)58)25-24-43-45(32-55)44(26-27-60-33-56)53(59)62-49(43)48/h4-6,9-13,16-19,24-25,29,40-41,50-51,55-56H,7-8,14-15,20-23,26-28,30-33H2,1-3H3/t40-,50-,51+,54+/m1/s1. The molecule has 0 amide bonds. The smallest absolute Gasteiger partial charge is 0.339 e. The number of rotatable bonds is 11. The molecule has 4 atom stereocenters. The van der Waals surface area contributed by atoms with Gasteiger partial charge < -0.3 is 33.6 Å². The largest absolute Gasteiger partial charge is 0.483 e. The van der Waals surface area contributed by atoms with Crippen molar-refractivity contribution < 1.29 is 43.2 Å². The normalized spacial score (nSPS) is 21.8. The van der Waals surface area contributed by atoms with Crippen LogP contribution in [0.1, 0.15) is 116 Å². The average molecular weight is 869 g/mol. The topological polar surface area (TPSA) is 142 Å². The Balaban J connectivity index is 1.21. The number of allylic oxidation sites excluding steroid dienone is 1. The van der Waals surface area contributed by atoms with E-state index in [1.165, 1.54) is 16.7 Å². The van der Waals surface area contributed by atoms with Gasteiger partial charge in [0.2, 0.25) is 0 Å². The summed E-state index contributed by atoms with van der Waals surface area (Å²) in [6.07, 6.45) is 5.51. The van der Waals surface area contributed by atoms with Gasteiger partial charge >= 0.3 is 17.6 Å². The van der Waals surface area contributed by atoms with Crippen LogP contribution in [0.4, 0.5) is 0 Å². The maximum Gasteiger partial charge on any atom is 0.339 e. The van der Waals surface area contributed by atoms with Crippen molar-refractivity contribution in [3.05, 3.63) is 157 Å². The molecule has 10 nitrogen and oxygen atoms in total. The van der Waals surface area contributed by atoms with Gasteiger partial charge in [0, 0.05) is 35.3 Å². The molecule has 2 bridgehead atoms. The zero-order chi connectivity index (χ0) is 44.8. The van der Waals surface area contributed by atoms with Crippen LogP contribution in [0.3, 0.4) is 0 Å². The third kappa shape index (κ3) is 9.89. The lowest BCUT2D eigenvalue weighted by molar-refractivity contribution is -0.199. The van der Waals surface area contributed by atoms with Gasteiger partial charge in [0.1, 0.15) is 23.7 Å². The van der Waals surface area contributed by atoms with Crippen molar-refractivity contribution in [1.29, 1.82) is 0 Å². The van der Waals surface area contributed by atoms with E-state index in [2.05, 4.69) is 72.8 Å². The summed E-state index contributed by atoms with van der Waals surface area (Å²) in [4.78, 5) is 43.3. The lowest BCUT2D eigenvalue weighted by Crippen LogP contribution is -2.58. The Kier molecular flexibility index (Phi) is 14.1. The van der Waals surface area contributed by atoms with Crippen molar-refractivity contribution >= 4 is 22.9 Å². The Bertz CT molecular complexity index is 2530. The van der Waals surface area contributed by atoms with Crippen molar-refractivity contribution in [1.82, 2.24) is 0 Å². The lowest BCUT2D eigenvalue weighted by Gasteiger charge is -2.48. The van der Waals surface area contributed by atoms with Crippen LogP contribution in [0.25, 0.3) is 11.0 Å². The van der Waals surface area contributed by atoms with E-state index in [1.807, 2.05) is 26.8 Å². The minimum Gasteiger partial charge on any atom is -0.483 e. The molecule has 1 saturated carbocycles. The first-order chi connectivity index (χ1) is 31.0. The van der Waals surface area contributed by atoms with Crippen molar-refractivity contribution in [3.8, 4) is 5.75 Å². The highest BCUT2D eigenvalue weighted by Crippen LogP contribution is 2.52. The average Bonchev–Trinajstić information content (AvgIpc) is 3.84. The van der Waals surface area contributed by atoms with Crippen LogP contribution >= 0.6 is 0 Å². The Morgan fingerprint density at radius 2 is 1.52 bits per heavy atom. The number of carbonyl (C=O) groups is 2. The number of hydrogen-bond acceptors (Lipinski definition) is 10. The highest BCUT2D eigenvalue weighted by atomic mass is 16.6. The first-order valence-electron chi connectivity index (χ1n) is 22.9. The van der Waals surface area contributed by atoms with E-state index in [4.69, 9.17) is 23.4 Å². The summed E-state index contributed by atoms with van der Waals surface area (Å²) in [5.74, 6) is -0.756. The van der Waals surface area contributed by atoms with Gasteiger partial charge in [-0.1, -0.05) is 97.3 Å². The molecule has 3 aliphatic heterocycles. The summed E-state index contributed by atoms with van der Waals surface area (Å²) < 4.78 is 31.7. The zero-order valence-electron chi connectivity index (χ0n) is 37.2. The molecular weight excluding hydrogens is 809 g/mol. The van der Waals surface area contributed by atoms with Gasteiger partial charge in [-0.05, 0) is 124 Å². The van der Waals surface area contributed by atoms with Crippen LogP contribution in [0.2, 0.25) is 0 Å². The fourth-order valence-corrected chi connectivity index (χ4v) is 10.2. The van der Waals surface area contributed by atoms with E-state index >= 15 is 0 Å². The Labute approximate surface area is 375 Å². The number of benzene rings is 4. The SMILES string of the molecule is CC(C)=C1CCc2ccc(cc2)C[C@@H](CCc2cccc(Cc3ccccc3)c2)CC(=O)O[C@@H]2c3c(ccc4c(CO)c(CCOCO)c(=O)oc34)O[C@@](C)(C3CCCC3)[C@H]2OC1=O. The number of fused-ring (bicyclic) bond motifs is 13. The third-order valence-corrected chi connectivity index (χ3v) is 13.7. The van der Waals surface area contributed by atoms with Crippen LogP contribution in [0.5, 0.6) is 5.75 Å². The molecule has 0 unspecified atom stereocenters. The molecule has 1 aliphatic carbocycles. The number of hydrogen-bond donors (Lipinski definition) is 2. The maximum atomic E-state index is 14.8. The molecule has 64 heavy (non-hydrogen) atoms. The third-order valence-electron chi connectivity index (χ3n) is 13.7. The van der Waals surface area contributed by atoms with Crippen LogP contribution in [0.15, 0.2) is 111 Å². The molecule has 0 saturated heterocycles. The molecule has 4 aliphatic rings. The Morgan fingerprint density at radius 1 is 0.781 bits per heavy atom. The summed E-state index contributed by atoms with van der Waals surface area (Å²) in [6.45, 7) is 4.78. The molecule has 2 N–H and O–H groups in total. The highest BCUT2D eigenvalue weighted by molar-refractivity contribution is 5.90. The fraction of sp³-hybridized carbons (Fsp3) is 0.426. The second-order valence-corrected chi connectivity index (χ2v) is 18.2. The number of carbonyl (C=O) groups excluding carboxylic acids is 2. The second kappa shape index (κ2) is 20.1. The van der Waals surface area contributed by atoms with Crippen molar-refractivity contribution in [3.63, 3.8) is 0 Å². The number of esters is 2. The number of ether oxygens (including phenoxy) is 4. The van der Waals surface area contributed by atoms with Crippen LogP contribution in [-0.2, 0) is 62.5 Å². The van der Waals surface area contributed by atoms with Crippen molar-refractivity contribution in [2.24, 2.45) is 11.8 Å². The quantitative estimate of drug-likeness (QED) is 0.0434. The predicted molar refractivity (Wildman–Crippen MR) is 244 cm³/mol. The first kappa shape index (κ1) is 45.0.